The Kier molecular flexibility index (Phi) is 3.62. The summed E-state index contributed by atoms with van der Waals surface area (Å²) < 4.78 is 0. The Morgan fingerprint density at radius 1 is 1.16 bits per heavy atom. The number of aryl methyl sites for hydroxylation is 1. The number of primary amides is 1. The average molecular weight is 276 g/mol. The Labute approximate surface area is 116 Å². The van der Waals surface area contributed by atoms with Crippen LogP contribution in [0.1, 0.15) is 15.9 Å². The van der Waals surface area contributed by atoms with E-state index in [1.165, 1.54) is 0 Å². The molecular weight excluding hydrogens is 262 g/mol. The Hall–Kier alpha value is -2.20. The zero-order valence-electron chi connectivity index (χ0n) is 10.4. The molecule has 0 heterocycles. The van der Waals surface area contributed by atoms with Crippen molar-refractivity contribution in [2.45, 2.75) is 6.92 Å². The van der Waals surface area contributed by atoms with Crippen LogP contribution in [0.5, 0.6) is 0 Å². The van der Waals surface area contributed by atoms with Crippen molar-refractivity contribution in [3.05, 3.63) is 52.5 Å². The Bertz CT molecular complexity index is 641. The van der Waals surface area contributed by atoms with E-state index in [4.69, 9.17) is 23.1 Å². The van der Waals surface area contributed by atoms with Crippen LogP contribution >= 0.6 is 11.6 Å². The zero-order chi connectivity index (χ0) is 14.0. The molecule has 2 rings (SSSR count). The van der Waals surface area contributed by atoms with Crippen molar-refractivity contribution in [3.8, 4) is 0 Å². The number of anilines is 3. The number of nitrogens with one attached hydrogen (secondary N) is 1. The average Bonchev–Trinajstić information content (AvgIpc) is 2.36. The van der Waals surface area contributed by atoms with Crippen LogP contribution in [0.2, 0.25) is 5.02 Å². The number of rotatable bonds is 3. The summed E-state index contributed by atoms with van der Waals surface area (Å²) in [6, 6.07) is 10.7. The van der Waals surface area contributed by atoms with Crippen LogP contribution in [0.15, 0.2) is 36.4 Å². The van der Waals surface area contributed by atoms with Crippen molar-refractivity contribution in [1.82, 2.24) is 0 Å². The van der Waals surface area contributed by atoms with Gasteiger partial charge in [0.05, 0.1) is 5.56 Å². The van der Waals surface area contributed by atoms with E-state index in [2.05, 4.69) is 5.32 Å². The SMILES string of the molecule is Cc1ccc(Nc2ccc(N)c(C(N)=O)c2)cc1Cl. The maximum Gasteiger partial charge on any atom is 0.250 e. The number of hydrogen-bond acceptors (Lipinski definition) is 3. The van der Waals surface area contributed by atoms with Gasteiger partial charge in [-0.25, -0.2) is 0 Å². The van der Waals surface area contributed by atoms with Crippen molar-refractivity contribution < 1.29 is 4.79 Å². The number of carbonyl (C=O) groups is 1. The van der Waals surface area contributed by atoms with Crippen LogP contribution in [0.4, 0.5) is 17.1 Å². The summed E-state index contributed by atoms with van der Waals surface area (Å²) in [7, 11) is 0. The molecule has 0 atom stereocenters. The second kappa shape index (κ2) is 5.20. The van der Waals surface area contributed by atoms with Crippen LogP contribution in [-0.2, 0) is 0 Å². The topological polar surface area (TPSA) is 81.1 Å². The van der Waals surface area contributed by atoms with E-state index in [9.17, 15) is 4.79 Å². The lowest BCUT2D eigenvalue weighted by Gasteiger charge is -2.10. The molecule has 0 fully saturated rings. The summed E-state index contributed by atoms with van der Waals surface area (Å²) in [4.78, 5) is 11.2. The fourth-order valence-electron chi connectivity index (χ4n) is 1.68. The summed E-state index contributed by atoms with van der Waals surface area (Å²) in [5.74, 6) is -0.553. The fourth-order valence-corrected chi connectivity index (χ4v) is 1.87. The fraction of sp³-hybridized carbons (Fsp3) is 0.0714. The number of hydrogen-bond donors (Lipinski definition) is 3. The molecule has 4 nitrogen and oxygen atoms in total. The highest BCUT2D eigenvalue weighted by Gasteiger charge is 2.07. The van der Waals surface area contributed by atoms with Crippen LogP contribution in [0.3, 0.4) is 0 Å². The normalized spacial score (nSPS) is 10.2. The smallest absolute Gasteiger partial charge is 0.250 e. The molecule has 98 valence electrons. The lowest BCUT2D eigenvalue weighted by atomic mass is 10.1. The van der Waals surface area contributed by atoms with Gasteiger partial charge in [0.2, 0.25) is 0 Å². The highest BCUT2D eigenvalue weighted by molar-refractivity contribution is 6.31. The van der Waals surface area contributed by atoms with E-state index in [1.54, 1.807) is 18.2 Å². The molecule has 0 aliphatic heterocycles. The number of nitrogen functional groups attached to an aromatic ring is 1. The molecule has 0 spiro atoms. The molecule has 2 aromatic rings. The van der Waals surface area contributed by atoms with E-state index in [-0.39, 0.29) is 0 Å². The van der Waals surface area contributed by atoms with Crippen molar-refractivity contribution in [2.75, 3.05) is 11.1 Å². The molecule has 0 saturated heterocycles. The highest BCUT2D eigenvalue weighted by Crippen LogP contribution is 2.25. The lowest BCUT2D eigenvalue weighted by Crippen LogP contribution is -2.13. The van der Waals surface area contributed by atoms with Gasteiger partial charge in [0.15, 0.2) is 0 Å². The van der Waals surface area contributed by atoms with Gasteiger partial charge in [0, 0.05) is 22.1 Å². The van der Waals surface area contributed by atoms with E-state index in [0.29, 0.717) is 16.3 Å². The first-order chi connectivity index (χ1) is 8.97. The maximum absolute atomic E-state index is 11.2. The standard InChI is InChI=1S/C14H14ClN3O/c1-8-2-3-10(7-12(8)15)18-9-4-5-13(16)11(6-9)14(17)19/h2-7,18H,16H2,1H3,(H2,17,19). The quantitative estimate of drug-likeness (QED) is 0.753. The molecule has 0 bridgehead atoms. The summed E-state index contributed by atoms with van der Waals surface area (Å²) in [5, 5.41) is 3.82. The van der Waals surface area contributed by atoms with Crippen molar-refractivity contribution in [3.63, 3.8) is 0 Å². The van der Waals surface area contributed by atoms with Crippen molar-refractivity contribution in [1.29, 1.82) is 0 Å². The summed E-state index contributed by atoms with van der Waals surface area (Å²) in [5.41, 5.74) is 14.1. The third kappa shape index (κ3) is 2.98. The van der Waals surface area contributed by atoms with Gasteiger partial charge in [-0.3, -0.25) is 4.79 Å². The van der Waals surface area contributed by atoms with Crippen LogP contribution in [0.25, 0.3) is 0 Å². The minimum atomic E-state index is -0.553. The van der Waals surface area contributed by atoms with Gasteiger partial charge in [0.25, 0.3) is 5.91 Å². The Morgan fingerprint density at radius 3 is 2.42 bits per heavy atom. The van der Waals surface area contributed by atoms with Gasteiger partial charge in [-0.1, -0.05) is 17.7 Å². The third-order valence-corrected chi connectivity index (χ3v) is 3.19. The predicted octanol–water partition coefficient (Wildman–Crippen LogP) is 3.07. The van der Waals surface area contributed by atoms with Crippen LogP contribution in [0, 0.1) is 6.92 Å². The number of nitrogens with two attached hydrogens (primary N) is 2. The first-order valence-corrected chi connectivity index (χ1v) is 6.07. The molecular formula is C14H14ClN3O. The molecule has 1 amide bonds. The lowest BCUT2D eigenvalue weighted by molar-refractivity contribution is 0.100. The van der Waals surface area contributed by atoms with Gasteiger partial charge in [-0.15, -0.1) is 0 Å². The molecule has 0 aliphatic rings. The molecule has 0 aliphatic carbocycles. The van der Waals surface area contributed by atoms with Crippen LogP contribution in [-0.4, -0.2) is 5.91 Å². The maximum atomic E-state index is 11.2. The number of amides is 1. The second-order valence-electron chi connectivity index (χ2n) is 4.26. The zero-order valence-corrected chi connectivity index (χ0v) is 11.2. The van der Waals surface area contributed by atoms with Gasteiger partial charge in [-0.2, -0.15) is 0 Å². The summed E-state index contributed by atoms with van der Waals surface area (Å²) in [6.07, 6.45) is 0. The minimum absolute atomic E-state index is 0.295. The molecule has 2 aromatic carbocycles. The minimum Gasteiger partial charge on any atom is -0.398 e. The molecule has 0 radical (unpaired) electrons. The molecule has 0 unspecified atom stereocenters. The van der Waals surface area contributed by atoms with E-state index in [0.717, 1.165) is 16.9 Å². The van der Waals surface area contributed by atoms with Gasteiger partial charge < -0.3 is 16.8 Å². The first kappa shape index (κ1) is 13.2. The summed E-state index contributed by atoms with van der Waals surface area (Å²) in [6.45, 7) is 1.93. The monoisotopic (exact) mass is 275 g/mol. The highest BCUT2D eigenvalue weighted by atomic mass is 35.5. The number of benzene rings is 2. The Balaban J connectivity index is 2.30. The molecule has 0 aromatic heterocycles. The predicted molar refractivity (Wildman–Crippen MR) is 78.8 cm³/mol. The number of halogens is 1. The van der Waals surface area contributed by atoms with Crippen molar-refractivity contribution in [2.24, 2.45) is 5.73 Å². The Morgan fingerprint density at radius 2 is 1.79 bits per heavy atom. The van der Waals surface area contributed by atoms with Crippen LogP contribution < -0.4 is 16.8 Å². The molecule has 0 saturated carbocycles. The molecule has 5 N–H and O–H groups in total. The van der Waals surface area contributed by atoms with E-state index < -0.39 is 5.91 Å². The van der Waals surface area contributed by atoms with Gasteiger partial charge >= 0.3 is 0 Å². The van der Waals surface area contributed by atoms with E-state index >= 15 is 0 Å². The second-order valence-corrected chi connectivity index (χ2v) is 4.66. The first-order valence-electron chi connectivity index (χ1n) is 5.70. The number of carbonyl (C=O) groups excluding carboxylic acids is 1. The van der Waals surface area contributed by atoms with E-state index in [1.807, 2.05) is 25.1 Å². The largest absolute Gasteiger partial charge is 0.398 e. The van der Waals surface area contributed by atoms with Gasteiger partial charge in [0.1, 0.15) is 0 Å². The third-order valence-electron chi connectivity index (χ3n) is 2.78. The van der Waals surface area contributed by atoms with Crippen molar-refractivity contribution >= 4 is 34.6 Å². The molecule has 19 heavy (non-hydrogen) atoms. The van der Waals surface area contributed by atoms with Gasteiger partial charge in [-0.05, 0) is 42.8 Å². The molecule has 5 heteroatoms. The summed E-state index contributed by atoms with van der Waals surface area (Å²) >= 11 is 6.05.